The number of rotatable bonds is 10. The molecule has 252 valence electrons. The van der Waals surface area contributed by atoms with E-state index in [9.17, 15) is 0 Å². The van der Waals surface area contributed by atoms with Crippen molar-refractivity contribution < 1.29 is 54.1 Å². The van der Waals surface area contributed by atoms with Crippen LogP contribution in [0.2, 0.25) is 0 Å². The van der Waals surface area contributed by atoms with E-state index >= 15 is 26.3 Å². The molecule has 0 bridgehead atoms. The van der Waals surface area contributed by atoms with E-state index in [1.54, 1.807) is 48.5 Å². The van der Waals surface area contributed by atoms with Gasteiger partial charge in [-0.3, -0.25) is 0 Å². The first-order chi connectivity index (χ1) is 23.5. The Morgan fingerprint density at radius 2 is 0.959 bits per heavy atom. The lowest BCUT2D eigenvalue weighted by Gasteiger charge is -2.38. The average molecular weight is 683 g/mol. The first-order valence-corrected chi connectivity index (χ1v) is 15.1. The highest BCUT2D eigenvalue weighted by molar-refractivity contribution is 5.80. The summed E-state index contributed by atoms with van der Waals surface area (Å²) in [7, 11) is 0. The van der Waals surface area contributed by atoms with Crippen molar-refractivity contribution in [1.29, 1.82) is 0 Å². The summed E-state index contributed by atoms with van der Waals surface area (Å²) >= 11 is 0. The summed E-state index contributed by atoms with van der Waals surface area (Å²) in [5.41, 5.74) is -6.04. The maximum absolute atomic E-state index is 15.0. The number of fused-ring (bicyclic) bond motifs is 2. The fourth-order valence-corrected chi connectivity index (χ4v) is 5.64. The molecule has 8 rings (SSSR count). The molecule has 0 saturated carbocycles. The molecule has 0 aliphatic carbocycles. The zero-order chi connectivity index (χ0) is 34.0. The number of aromatic nitrogens is 2. The van der Waals surface area contributed by atoms with Gasteiger partial charge in [0.05, 0.1) is 13.2 Å². The number of hydrogen-bond donors (Lipinski definition) is 0. The molecule has 2 saturated heterocycles. The number of ether oxygens (including phenoxy) is 4. The predicted octanol–water partition coefficient (Wildman–Crippen LogP) is 8.27. The largest absolute Gasteiger partial charge is 0.491 e. The molecule has 2 unspecified atom stereocenters. The third kappa shape index (κ3) is 5.84. The van der Waals surface area contributed by atoms with Crippen LogP contribution >= 0.6 is 0 Å². The number of benzene rings is 4. The molecular weight excluding hydrogens is 658 g/mol. The summed E-state index contributed by atoms with van der Waals surface area (Å²) in [6, 6.07) is 18.2. The van der Waals surface area contributed by atoms with Crippen LogP contribution in [0, 0.1) is 0 Å². The molecule has 2 fully saturated rings. The lowest BCUT2D eigenvalue weighted by atomic mass is 9.72. The van der Waals surface area contributed by atoms with E-state index in [2.05, 4.69) is 9.97 Å². The zero-order valence-corrected chi connectivity index (χ0v) is 25.2. The lowest BCUT2D eigenvalue weighted by Crippen LogP contribution is -2.54. The Hall–Kier alpha value is -5.08. The quantitative estimate of drug-likeness (QED) is 0.105. The Kier molecular flexibility index (Phi) is 7.33. The average Bonchev–Trinajstić information content (AvgIpc) is 3.99. The minimum Gasteiger partial charge on any atom is -0.491 e. The molecule has 0 spiro atoms. The molecule has 8 nitrogen and oxygen atoms in total. The third-order valence-corrected chi connectivity index (χ3v) is 8.37. The Labute approximate surface area is 273 Å². The highest BCUT2D eigenvalue weighted by atomic mass is 19.4. The Morgan fingerprint density at radius 3 is 1.31 bits per heavy atom. The molecule has 2 atom stereocenters. The van der Waals surface area contributed by atoms with Crippen LogP contribution < -0.4 is 9.47 Å². The van der Waals surface area contributed by atoms with E-state index in [1.807, 2.05) is 0 Å². The van der Waals surface area contributed by atoms with Crippen molar-refractivity contribution in [3.05, 3.63) is 96.1 Å². The van der Waals surface area contributed by atoms with Gasteiger partial charge in [0.15, 0.2) is 11.2 Å². The summed E-state index contributed by atoms with van der Waals surface area (Å²) in [5.74, 6) is 1.14. The van der Waals surface area contributed by atoms with Gasteiger partial charge in [0, 0.05) is 11.1 Å². The standard InChI is InChI=1S/C35H24F6N2O6/c36-34(37,38)33(35(39,40)41,21-5-11-29-27(13-21)42-31(48-29)19-1-7-23(8-2-19)44-15-25-17-46-25)22-6-12-30-28(14-22)43-32(49-30)20-3-9-24(10-4-20)45-16-26-18-47-26/h1-14,25-26H,15-18H2. The summed E-state index contributed by atoms with van der Waals surface area (Å²) in [5, 5.41) is 0. The first-order valence-electron chi connectivity index (χ1n) is 15.1. The fraction of sp³-hybridized carbons (Fsp3) is 0.257. The maximum Gasteiger partial charge on any atom is 0.411 e. The number of epoxide rings is 2. The molecule has 2 aliphatic rings. The van der Waals surface area contributed by atoms with Crippen LogP contribution in [0.5, 0.6) is 11.5 Å². The first kappa shape index (κ1) is 31.2. The monoisotopic (exact) mass is 682 g/mol. The van der Waals surface area contributed by atoms with Crippen molar-refractivity contribution in [3.8, 4) is 34.4 Å². The maximum atomic E-state index is 15.0. The summed E-state index contributed by atoms with van der Waals surface area (Å²) in [6.07, 6.45) is -11.5. The zero-order valence-electron chi connectivity index (χ0n) is 25.2. The molecular formula is C35H24F6N2O6. The summed E-state index contributed by atoms with van der Waals surface area (Å²) in [4.78, 5) is 8.48. The molecule has 49 heavy (non-hydrogen) atoms. The van der Waals surface area contributed by atoms with Crippen LogP contribution in [0.3, 0.4) is 0 Å². The van der Waals surface area contributed by atoms with Gasteiger partial charge in [-0.15, -0.1) is 0 Å². The van der Waals surface area contributed by atoms with Gasteiger partial charge in [-0.2, -0.15) is 26.3 Å². The van der Waals surface area contributed by atoms with Gasteiger partial charge in [0.1, 0.15) is 48.0 Å². The third-order valence-electron chi connectivity index (χ3n) is 8.37. The van der Waals surface area contributed by atoms with E-state index in [0.717, 1.165) is 36.4 Å². The molecule has 14 heteroatoms. The lowest BCUT2D eigenvalue weighted by molar-refractivity contribution is -0.288. The second kappa shape index (κ2) is 11.5. The number of alkyl halides is 6. The molecule has 4 aromatic carbocycles. The van der Waals surface area contributed by atoms with Gasteiger partial charge >= 0.3 is 12.4 Å². The summed E-state index contributed by atoms with van der Waals surface area (Å²) < 4.78 is 123. The number of nitrogens with zero attached hydrogens (tertiary/aromatic N) is 2. The van der Waals surface area contributed by atoms with E-state index in [4.69, 9.17) is 27.8 Å². The van der Waals surface area contributed by atoms with Crippen molar-refractivity contribution in [2.24, 2.45) is 0 Å². The second-order valence-corrected chi connectivity index (χ2v) is 11.7. The predicted molar refractivity (Wildman–Crippen MR) is 162 cm³/mol. The fourth-order valence-electron chi connectivity index (χ4n) is 5.64. The van der Waals surface area contributed by atoms with E-state index in [-0.39, 0.29) is 46.2 Å². The van der Waals surface area contributed by atoms with Crippen molar-refractivity contribution in [1.82, 2.24) is 9.97 Å². The van der Waals surface area contributed by atoms with Crippen molar-refractivity contribution in [2.75, 3.05) is 26.4 Å². The number of halogens is 6. The molecule has 2 aromatic heterocycles. The highest BCUT2D eigenvalue weighted by Gasteiger charge is 2.72. The minimum atomic E-state index is -5.82. The molecule has 0 amide bonds. The van der Waals surface area contributed by atoms with Crippen LogP contribution in [-0.2, 0) is 14.9 Å². The Balaban J connectivity index is 1.14. The van der Waals surface area contributed by atoms with Crippen LogP contribution in [0.25, 0.3) is 45.1 Å². The molecule has 2 aliphatic heterocycles. The van der Waals surface area contributed by atoms with E-state index < -0.39 is 28.9 Å². The highest BCUT2D eigenvalue weighted by Crippen LogP contribution is 2.57. The van der Waals surface area contributed by atoms with Gasteiger partial charge < -0.3 is 27.8 Å². The van der Waals surface area contributed by atoms with Gasteiger partial charge in [-0.05, 0) is 83.9 Å². The Morgan fingerprint density at radius 1 is 0.571 bits per heavy atom. The van der Waals surface area contributed by atoms with Gasteiger partial charge in [0.2, 0.25) is 17.2 Å². The minimum absolute atomic E-state index is 0.0112. The SMILES string of the molecule is FC(F)(F)C(c1ccc2oc(-c3ccc(OCC4CO4)cc3)nc2c1)(c1ccc2oc(-c3ccc(OCC4CO4)cc3)nc2c1)C(F)(F)F. The van der Waals surface area contributed by atoms with Crippen LogP contribution in [0.15, 0.2) is 93.8 Å². The number of oxazole rings is 2. The molecule has 0 radical (unpaired) electrons. The van der Waals surface area contributed by atoms with Gasteiger partial charge in [-0.1, -0.05) is 12.1 Å². The smallest absolute Gasteiger partial charge is 0.411 e. The molecule has 4 heterocycles. The Bertz CT molecular complexity index is 1980. The van der Waals surface area contributed by atoms with Crippen molar-refractivity contribution in [2.45, 2.75) is 30.0 Å². The van der Waals surface area contributed by atoms with Crippen LogP contribution in [-0.4, -0.2) is 61.0 Å². The second-order valence-electron chi connectivity index (χ2n) is 11.7. The summed E-state index contributed by atoms with van der Waals surface area (Å²) in [6.45, 7) is 2.03. The topological polar surface area (TPSA) is 95.6 Å². The van der Waals surface area contributed by atoms with Crippen LogP contribution in [0.1, 0.15) is 11.1 Å². The van der Waals surface area contributed by atoms with E-state index in [0.29, 0.717) is 49.1 Å². The van der Waals surface area contributed by atoms with Crippen molar-refractivity contribution in [3.63, 3.8) is 0 Å². The van der Waals surface area contributed by atoms with E-state index in [1.165, 1.54) is 0 Å². The number of hydrogen-bond acceptors (Lipinski definition) is 8. The van der Waals surface area contributed by atoms with Crippen molar-refractivity contribution >= 4 is 22.2 Å². The normalized spacial score (nSPS) is 17.8. The van der Waals surface area contributed by atoms with Gasteiger partial charge in [-0.25, -0.2) is 9.97 Å². The van der Waals surface area contributed by atoms with Crippen LogP contribution in [0.4, 0.5) is 26.3 Å². The molecule has 0 N–H and O–H groups in total. The van der Waals surface area contributed by atoms with Gasteiger partial charge in [0.25, 0.3) is 0 Å². The molecule has 6 aromatic rings.